The number of benzene rings is 1. The normalized spacial score (nSPS) is 15.3. The molecule has 0 radical (unpaired) electrons. The van der Waals surface area contributed by atoms with Gasteiger partial charge in [-0.3, -0.25) is 4.98 Å². The van der Waals surface area contributed by atoms with E-state index in [0.29, 0.717) is 21.6 Å². The Hall–Kier alpha value is -3.10. The van der Waals surface area contributed by atoms with Crippen molar-refractivity contribution < 1.29 is 9.50 Å². The first-order valence-electron chi connectivity index (χ1n) is 8.18. The fourth-order valence-corrected chi connectivity index (χ4v) is 3.84. The molecular formula is C19H12FN5OS. The summed E-state index contributed by atoms with van der Waals surface area (Å²) in [6, 6.07) is 11.7. The molecule has 27 heavy (non-hydrogen) atoms. The van der Waals surface area contributed by atoms with Crippen molar-refractivity contribution in [1.29, 1.82) is 0 Å². The highest BCUT2D eigenvalue weighted by atomic mass is 32.2. The van der Waals surface area contributed by atoms with Crippen LogP contribution in [0.15, 0.2) is 71.2 Å². The van der Waals surface area contributed by atoms with Crippen molar-refractivity contribution in [3.8, 4) is 22.5 Å². The van der Waals surface area contributed by atoms with E-state index in [4.69, 9.17) is 0 Å². The van der Waals surface area contributed by atoms with Gasteiger partial charge in [0.25, 0.3) is 0 Å². The monoisotopic (exact) mass is 377 g/mol. The first kappa shape index (κ1) is 16.1. The molecule has 132 valence electrons. The Balaban J connectivity index is 1.55. The van der Waals surface area contributed by atoms with E-state index >= 15 is 0 Å². The molecule has 1 aromatic carbocycles. The van der Waals surface area contributed by atoms with Crippen LogP contribution in [0.3, 0.4) is 0 Å². The molecule has 0 bridgehead atoms. The number of aromatic nitrogens is 5. The fraction of sp³-hybridized carbons (Fsp3) is 0.0526. The standard InChI is InChI=1S/C19H12FN5OS/c20-14-5-3-11(4-6-14)13-8-15-17(22-10-13)27-19-23-16(24-25(19)18(15)26)12-2-1-7-21-9-12/h1-10,18,26H/t18-/m1/s1. The number of pyridine rings is 2. The lowest BCUT2D eigenvalue weighted by Crippen LogP contribution is -2.18. The molecular weight excluding hydrogens is 365 g/mol. The highest BCUT2D eigenvalue weighted by Gasteiger charge is 2.29. The maximum Gasteiger partial charge on any atom is 0.195 e. The van der Waals surface area contributed by atoms with Crippen LogP contribution < -0.4 is 0 Å². The Morgan fingerprint density at radius 2 is 1.89 bits per heavy atom. The van der Waals surface area contributed by atoms with Crippen molar-refractivity contribution >= 4 is 11.8 Å². The average molecular weight is 377 g/mol. The van der Waals surface area contributed by atoms with Crippen LogP contribution in [0.2, 0.25) is 0 Å². The second-order valence-corrected chi connectivity index (χ2v) is 6.96. The van der Waals surface area contributed by atoms with Gasteiger partial charge in [-0.05, 0) is 47.7 Å². The molecule has 0 saturated heterocycles. The van der Waals surface area contributed by atoms with Crippen LogP contribution in [-0.2, 0) is 0 Å². The zero-order valence-electron chi connectivity index (χ0n) is 13.8. The Morgan fingerprint density at radius 3 is 2.67 bits per heavy atom. The molecule has 0 saturated carbocycles. The Kier molecular flexibility index (Phi) is 3.73. The van der Waals surface area contributed by atoms with Crippen molar-refractivity contribution in [1.82, 2.24) is 24.7 Å². The second-order valence-electron chi connectivity index (χ2n) is 6.01. The minimum Gasteiger partial charge on any atom is -0.368 e. The smallest absolute Gasteiger partial charge is 0.195 e. The van der Waals surface area contributed by atoms with Gasteiger partial charge in [0.1, 0.15) is 10.8 Å². The molecule has 1 aliphatic heterocycles. The topological polar surface area (TPSA) is 76.7 Å². The van der Waals surface area contributed by atoms with Crippen molar-refractivity contribution in [2.75, 3.05) is 0 Å². The quantitative estimate of drug-likeness (QED) is 0.576. The number of aliphatic hydroxyl groups is 1. The minimum atomic E-state index is -0.998. The number of rotatable bonds is 2. The van der Waals surface area contributed by atoms with Gasteiger partial charge in [-0.1, -0.05) is 12.1 Å². The highest BCUT2D eigenvalue weighted by Crippen LogP contribution is 2.40. The Morgan fingerprint density at radius 1 is 1.04 bits per heavy atom. The van der Waals surface area contributed by atoms with E-state index in [1.165, 1.54) is 28.6 Å². The molecule has 4 heterocycles. The highest BCUT2D eigenvalue weighted by molar-refractivity contribution is 7.99. The number of aliphatic hydroxyl groups excluding tert-OH is 1. The lowest BCUT2D eigenvalue weighted by molar-refractivity contribution is 0.115. The molecule has 0 unspecified atom stereocenters. The second kappa shape index (κ2) is 6.26. The van der Waals surface area contributed by atoms with Crippen LogP contribution in [0.1, 0.15) is 11.8 Å². The van der Waals surface area contributed by atoms with E-state index in [1.807, 2.05) is 18.2 Å². The first-order valence-corrected chi connectivity index (χ1v) is 8.99. The van der Waals surface area contributed by atoms with E-state index in [0.717, 1.165) is 16.7 Å². The molecule has 1 atom stereocenters. The first-order chi connectivity index (χ1) is 13.2. The van der Waals surface area contributed by atoms with E-state index in [9.17, 15) is 9.50 Å². The molecule has 1 aliphatic rings. The van der Waals surface area contributed by atoms with Crippen LogP contribution in [0.25, 0.3) is 22.5 Å². The average Bonchev–Trinajstić information content (AvgIpc) is 3.14. The van der Waals surface area contributed by atoms with Crippen LogP contribution in [0, 0.1) is 5.82 Å². The zero-order valence-corrected chi connectivity index (χ0v) is 14.6. The largest absolute Gasteiger partial charge is 0.368 e. The summed E-state index contributed by atoms with van der Waals surface area (Å²) in [5.41, 5.74) is 3.03. The third-order valence-corrected chi connectivity index (χ3v) is 5.27. The van der Waals surface area contributed by atoms with E-state index < -0.39 is 6.23 Å². The minimum absolute atomic E-state index is 0.296. The molecule has 4 aromatic rings. The summed E-state index contributed by atoms with van der Waals surface area (Å²) in [4.78, 5) is 13.0. The summed E-state index contributed by atoms with van der Waals surface area (Å²) in [7, 11) is 0. The molecule has 0 aliphatic carbocycles. The summed E-state index contributed by atoms with van der Waals surface area (Å²) >= 11 is 1.35. The summed E-state index contributed by atoms with van der Waals surface area (Å²) in [5, 5.41) is 16.5. The number of fused-ring (bicyclic) bond motifs is 2. The molecule has 1 N–H and O–H groups in total. The molecule has 8 heteroatoms. The Bertz CT molecular complexity index is 1130. The lowest BCUT2D eigenvalue weighted by atomic mass is 10.1. The van der Waals surface area contributed by atoms with E-state index in [-0.39, 0.29) is 5.82 Å². The van der Waals surface area contributed by atoms with Gasteiger partial charge >= 0.3 is 0 Å². The summed E-state index contributed by atoms with van der Waals surface area (Å²) in [5.74, 6) is 0.201. The van der Waals surface area contributed by atoms with Crippen LogP contribution >= 0.6 is 11.8 Å². The van der Waals surface area contributed by atoms with Gasteiger partial charge in [0.2, 0.25) is 0 Å². The zero-order chi connectivity index (χ0) is 18.4. The predicted octanol–water partition coefficient (Wildman–Crippen LogP) is 3.55. The van der Waals surface area contributed by atoms with Crippen LogP contribution in [-0.4, -0.2) is 29.8 Å². The van der Waals surface area contributed by atoms with Gasteiger partial charge in [0.05, 0.1) is 0 Å². The SMILES string of the molecule is O[C@@H]1c2cc(-c3ccc(F)cc3)cnc2Sc2nc(-c3cccnc3)nn21. The lowest BCUT2D eigenvalue weighted by Gasteiger charge is -2.21. The van der Waals surface area contributed by atoms with Crippen LogP contribution in [0.4, 0.5) is 4.39 Å². The Labute approximate surface area is 157 Å². The van der Waals surface area contributed by atoms with E-state index in [2.05, 4.69) is 20.1 Å². The third kappa shape index (κ3) is 2.79. The maximum absolute atomic E-state index is 13.2. The predicted molar refractivity (Wildman–Crippen MR) is 97.4 cm³/mol. The molecule has 6 nitrogen and oxygen atoms in total. The third-order valence-electron chi connectivity index (χ3n) is 4.27. The van der Waals surface area contributed by atoms with Gasteiger partial charge in [0, 0.05) is 35.3 Å². The number of hydrogen-bond donors (Lipinski definition) is 1. The van der Waals surface area contributed by atoms with Crippen molar-refractivity contribution in [3.05, 3.63) is 72.4 Å². The molecule has 0 amide bonds. The maximum atomic E-state index is 13.2. The van der Waals surface area contributed by atoms with Gasteiger partial charge in [0.15, 0.2) is 17.2 Å². The fourth-order valence-electron chi connectivity index (χ4n) is 2.91. The molecule has 0 spiro atoms. The van der Waals surface area contributed by atoms with Gasteiger partial charge in [-0.15, -0.1) is 5.10 Å². The molecule has 0 fully saturated rings. The van der Waals surface area contributed by atoms with E-state index in [1.54, 1.807) is 30.7 Å². The van der Waals surface area contributed by atoms with Gasteiger partial charge in [-0.25, -0.2) is 19.0 Å². The van der Waals surface area contributed by atoms with Crippen LogP contribution in [0.5, 0.6) is 0 Å². The van der Waals surface area contributed by atoms with Gasteiger partial charge < -0.3 is 5.11 Å². The molecule has 5 rings (SSSR count). The van der Waals surface area contributed by atoms with Crippen molar-refractivity contribution in [2.24, 2.45) is 0 Å². The van der Waals surface area contributed by atoms with Crippen molar-refractivity contribution in [3.63, 3.8) is 0 Å². The van der Waals surface area contributed by atoms with Gasteiger partial charge in [-0.2, -0.15) is 0 Å². The number of halogens is 1. The number of nitrogens with zero attached hydrogens (tertiary/aromatic N) is 5. The summed E-state index contributed by atoms with van der Waals surface area (Å²) in [6.45, 7) is 0. The van der Waals surface area contributed by atoms with Crippen molar-refractivity contribution in [2.45, 2.75) is 16.4 Å². The molecule has 3 aromatic heterocycles. The summed E-state index contributed by atoms with van der Waals surface area (Å²) < 4.78 is 14.6. The summed E-state index contributed by atoms with van der Waals surface area (Å²) in [6.07, 6.45) is 4.07. The number of hydrogen-bond acceptors (Lipinski definition) is 6.